The van der Waals surface area contributed by atoms with Gasteiger partial charge in [-0.25, -0.2) is 0 Å². The summed E-state index contributed by atoms with van der Waals surface area (Å²) in [6.07, 6.45) is 5.94. The zero-order valence-electron chi connectivity index (χ0n) is 30.8. The van der Waals surface area contributed by atoms with E-state index in [1.165, 1.54) is 29.3 Å². The van der Waals surface area contributed by atoms with E-state index in [-0.39, 0.29) is 0 Å². The summed E-state index contributed by atoms with van der Waals surface area (Å²) < 4.78 is 0. The second-order valence-corrected chi connectivity index (χ2v) is 20.3. The molecule has 6 aromatic heterocycles. The van der Waals surface area contributed by atoms with E-state index in [0.29, 0.717) is 0 Å². The minimum Gasteiger partial charge on any atom is -0.302 e. The Bertz CT molecular complexity index is 2210. The average Bonchev–Trinajstić information content (AvgIpc) is 4.07. The van der Waals surface area contributed by atoms with Crippen molar-refractivity contribution in [3.8, 4) is 71.0 Å². The van der Waals surface area contributed by atoms with Gasteiger partial charge in [0.15, 0.2) is 0 Å². The Morgan fingerprint density at radius 3 is 0.625 bits per heavy atom. The maximum atomic E-state index is 3.30. The van der Waals surface area contributed by atoms with Crippen molar-refractivity contribution in [1.29, 1.82) is 0 Å². The summed E-state index contributed by atoms with van der Waals surface area (Å²) in [5.41, 5.74) is 0. The van der Waals surface area contributed by atoms with Gasteiger partial charge in [0.25, 0.3) is 0 Å². The molecule has 9 rings (SSSR count). The van der Waals surface area contributed by atoms with Gasteiger partial charge >= 0.3 is 0 Å². The lowest BCUT2D eigenvalue weighted by Crippen LogP contribution is -2.30. The van der Waals surface area contributed by atoms with E-state index in [4.69, 9.17) is 0 Å². The molecule has 3 aliphatic heterocycles. The molecule has 0 aromatic carbocycles. The van der Waals surface area contributed by atoms with Crippen LogP contribution in [0.5, 0.6) is 0 Å². The standard InChI is InChI=1S/C48H36N2S6/c1-2-8-38-14-20-44(52-38)26-32-50-35-29-47-23-17-41(55-47)11-5-3-9-39-15-21-45(53-39)27-33-49(31-25-43-19-13-37(7-1)51-43)34-28-46-22-16-40(54-46)10-4-6-12-42-18-24-48(56-42)30-36-50/h13-24H,25-36H2. The number of hydrogen-bond acceptors (Lipinski definition) is 8. The Hall–Kier alpha value is -4.52. The van der Waals surface area contributed by atoms with Crippen LogP contribution in [0.15, 0.2) is 72.8 Å². The summed E-state index contributed by atoms with van der Waals surface area (Å²) >= 11 is 10.7. The van der Waals surface area contributed by atoms with Crippen molar-refractivity contribution >= 4 is 68.0 Å². The molecule has 0 aliphatic carbocycles. The van der Waals surface area contributed by atoms with E-state index in [1.54, 1.807) is 68.0 Å². The van der Waals surface area contributed by atoms with Gasteiger partial charge in [-0.15, -0.1) is 68.0 Å². The van der Waals surface area contributed by atoms with Gasteiger partial charge in [0.2, 0.25) is 0 Å². The molecule has 14 bridgehead atoms. The molecule has 0 atom stereocenters. The highest BCUT2D eigenvalue weighted by Gasteiger charge is 2.12. The Morgan fingerprint density at radius 2 is 0.446 bits per heavy atom. The molecule has 0 unspecified atom stereocenters. The maximum Gasteiger partial charge on any atom is 0.0781 e. The maximum absolute atomic E-state index is 3.30. The second kappa shape index (κ2) is 19.6. The zero-order valence-corrected chi connectivity index (χ0v) is 35.7. The minimum absolute atomic E-state index is 0.988. The van der Waals surface area contributed by atoms with Crippen LogP contribution >= 0.6 is 68.0 Å². The van der Waals surface area contributed by atoms with E-state index < -0.39 is 0 Å². The van der Waals surface area contributed by atoms with Crippen molar-refractivity contribution in [3.05, 3.63) is 131 Å². The zero-order chi connectivity index (χ0) is 37.8. The first-order valence-corrected chi connectivity index (χ1v) is 23.6. The van der Waals surface area contributed by atoms with Crippen LogP contribution in [0, 0.1) is 71.0 Å². The van der Waals surface area contributed by atoms with Gasteiger partial charge in [0, 0.05) is 68.5 Å². The molecule has 0 saturated heterocycles. The van der Waals surface area contributed by atoms with Crippen LogP contribution < -0.4 is 0 Å². The van der Waals surface area contributed by atoms with Crippen molar-refractivity contribution in [1.82, 2.24) is 9.80 Å². The smallest absolute Gasteiger partial charge is 0.0781 e. The van der Waals surface area contributed by atoms with Crippen LogP contribution in [0.3, 0.4) is 0 Å². The van der Waals surface area contributed by atoms with Crippen LogP contribution in [0.2, 0.25) is 0 Å². The number of fused-ring (bicyclic) bond motifs is 9. The van der Waals surface area contributed by atoms with Crippen molar-refractivity contribution in [2.75, 3.05) is 39.3 Å². The lowest BCUT2D eigenvalue weighted by Gasteiger charge is -2.21. The van der Waals surface area contributed by atoms with Gasteiger partial charge in [-0.05, 0) is 182 Å². The summed E-state index contributed by atoms with van der Waals surface area (Å²) in [6, 6.07) is 26.2. The summed E-state index contributed by atoms with van der Waals surface area (Å²) in [5.74, 6) is 38.5. The van der Waals surface area contributed by atoms with Crippen molar-refractivity contribution in [3.63, 3.8) is 0 Å². The third kappa shape index (κ3) is 11.5. The molecule has 9 heterocycles. The number of rotatable bonds is 0. The molecule has 8 heteroatoms. The van der Waals surface area contributed by atoms with Crippen molar-refractivity contribution < 1.29 is 0 Å². The summed E-state index contributed by atoms with van der Waals surface area (Å²) in [7, 11) is 0. The third-order valence-corrected chi connectivity index (χ3v) is 15.7. The van der Waals surface area contributed by atoms with E-state index in [1.807, 2.05) is 0 Å². The fraction of sp³-hybridized carbons (Fsp3) is 0.250. The molecule has 56 heavy (non-hydrogen) atoms. The molecular formula is C48H36N2S6. The van der Waals surface area contributed by atoms with Gasteiger partial charge < -0.3 is 9.80 Å². The third-order valence-electron chi connectivity index (χ3n) is 9.32. The first-order valence-electron chi connectivity index (χ1n) is 18.7. The predicted molar refractivity (Wildman–Crippen MR) is 242 cm³/mol. The topological polar surface area (TPSA) is 6.48 Å². The van der Waals surface area contributed by atoms with E-state index in [9.17, 15) is 0 Å². The van der Waals surface area contributed by atoms with E-state index >= 15 is 0 Å². The van der Waals surface area contributed by atoms with Crippen LogP contribution in [0.1, 0.15) is 58.5 Å². The van der Waals surface area contributed by atoms with Crippen molar-refractivity contribution in [2.45, 2.75) is 38.5 Å². The predicted octanol–water partition coefficient (Wildman–Crippen LogP) is 9.55. The Balaban J connectivity index is 1.10. The molecule has 6 aromatic rings. The van der Waals surface area contributed by atoms with Gasteiger partial charge in [-0.3, -0.25) is 0 Å². The number of nitrogens with zero attached hydrogens (tertiary/aromatic N) is 2. The monoisotopic (exact) mass is 832 g/mol. The van der Waals surface area contributed by atoms with Crippen LogP contribution in [0.4, 0.5) is 0 Å². The largest absolute Gasteiger partial charge is 0.302 e. The molecule has 0 fully saturated rings. The molecule has 0 radical (unpaired) electrons. The highest BCUT2D eigenvalue weighted by Crippen LogP contribution is 2.23. The Labute approximate surface area is 355 Å². The fourth-order valence-corrected chi connectivity index (χ4v) is 11.4. The molecule has 274 valence electrons. The van der Waals surface area contributed by atoms with Gasteiger partial charge in [-0.1, -0.05) is 0 Å². The second-order valence-electron chi connectivity index (χ2n) is 13.3. The number of thiophene rings is 6. The van der Waals surface area contributed by atoms with Gasteiger partial charge in [0.1, 0.15) is 0 Å². The molecule has 0 N–H and O–H groups in total. The lowest BCUT2D eigenvalue weighted by molar-refractivity contribution is 0.286. The Kier molecular flexibility index (Phi) is 13.4. The van der Waals surface area contributed by atoms with E-state index in [0.717, 1.165) is 107 Å². The van der Waals surface area contributed by atoms with Crippen LogP contribution in [-0.2, 0) is 38.5 Å². The normalized spacial score (nSPS) is 17.1. The van der Waals surface area contributed by atoms with Gasteiger partial charge in [0.05, 0.1) is 29.3 Å². The van der Waals surface area contributed by atoms with Gasteiger partial charge in [-0.2, -0.15) is 0 Å². The molecular weight excluding hydrogens is 797 g/mol. The molecule has 2 nitrogen and oxygen atoms in total. The van der Waals surface area contributed by atoms with E-state index in [2.05, 4.69) is 154 Å². The fourth-order valence-electron chi connectivity index (χ4n) is 6.31. The molecule has 0 saturated carbocycles. The molecule has 0 spiro atoms. The first-order chi connectivity index (χ1) is 27.6. The van der Waals surface area contributed by atoms with Crippen molar-refractivity contribution in [2.24, 2.45) is 0 Å². The highest BCUT2D eigenvalue weighted by atomic mass is 32.1. The quantitative estimate of drug-likeness (QED) is 0.141. The molecule has 3 aliphatic rings. The lowest BCUT2D eigenvalue weighted by atomic mass is 10.2. The summed E-state index contributed by atoms with van der Waals surface area (Å²) in [6.45, 7) is 5.93. The Morgan fingerprint density at radius 1 is 0.268 bits per heavy atom. The van der Waals surface area contributed by atoms with Crippen LogP contribution in [0.25, 0.3) is 0 Å². The summed E-state index contributed by atoms with van der Waals surface area (Å²) in [5, 5.41) is 0. The number of hydrogen-bond donors (Lipinski definition) is 0. The SMILES string of the molecule is C1#Cc2ccc(s2)CCN2CCc3ccc(s3)C#CC#Cc3ccc(s3)CCN(CCc3ccc(s3)C#C1)CCc1ccc(s1)C#CC#Cc1ccc(s1)CC2. The average molecular weight is 833 g/mol. The van der Waals surface area contributed by atoms with Crippen LogP contribution in [-0.4, -0.2) is 49.1 Å². The molecule has 0 amide bonds. The summed E-state index contributed by atoms with van der Waals surface area (Å²) in [4.78, 5) is 19.7. The minimum atomic E-state index is 0.988. The highest BCUT2D eigenvalue weighted by molar-refractivity contribution is 7.14. The first kappa shape index (κ1) is 38.4.